The molecule has 1 amide bonds. The highest BCUT2D eigenvalue weighted by molar-refractivity contribution is 6.10. The molecule has 160 valence electrons. The van der Waals surface area contributed by atoms with Crippen molar-refractivity contribution in [3.8, 4) is 11.5 Å². The number of aliphatic hydroxyl groups is 1. The van der Waals surface area contributed by atoms with E-state index in [1.54, 1.807) is 19.1 Å². The first-order valence-electron chi connectivity index (χ1n) is 10.2. The molecule has 3 aromatic rings. The Balaban J connectivity index is 1.51. The summed E-state index contributed by atoms with van der Waals surface area (Å²) in [6.45, 7) is 1.76. The third-order valence-electron chi connectivity index (χ3n) is 5.55. The Morgan fingerprint density at radius 3 is 2.26 bits per heavy atom. The second kappa shape index (κ2) is 9.10. The highest BCUT2D eigenvalue weighted by atomic mass is 16.5. The summed E-state index contributed by atoms with van der Waals surface area (Å²) in [6.07, 6.45) is 0. The number of carbonyl (C=O) groups is 1. The molecule has 31 heavy (non-hydrogen) atoms. The molecule has 1 aliphatic rings. The molecule has 0 atom stereocenters. The molecular formula is C25H26N2O4. The quantitative estimate of drug-likeness (QED) is 0.602. The van der Waals surface area contributed by atoms with Gasteiger partial charge >= 0.3 is 0 Å². The number of hydrogen-bond donors (Lipinski definition) is 1. The standard InChI is InChI=1S/C25H26N2O4/c1-30-22-9-3-18(4-10-22)16-26(13-14-28)20-5-7-21(8-6-20)27-17-19-15-23(31-2)11-12-24(19)25(27)29/h3-12,15,28H,13-14,16-17H2,1-2H3. The summed E-state index contributed by atoms with van der Waals surface area (Å²) < 4.78 is 10.5. The van der Waals surface area contributed by atoms with E-state index in [2.05, 4.69) is 4.90 Å². The van der Waals surface area contributed by atoms with Gasteiger partial charge in [-0.05, 0) is 65.7 Å². The molecule has 0 saturated carbocycles. The summed E-state index contributed by atoms with van der Waals surface area (Å²) >= 11 is 0. The predicted octanol–water partition coefficient (Wildman–Crippen LogP) is 3.86. The van der Waals surface area contributed by atoms with Crippen LogP contribution in [0.1, 0.15) is 21.5 Å². The summed E-state index contributed by atoms with van der Waals surface area (Å²) in [5.74, 6) is 1.56. The zero-order chi connectivity index (χ0) is 21.8. The van der Waals surface area contributed by atoms with Gasteiger partial charge in [0.15, 0.2) is 0 Å². The summed E-state index contributed by atoms with van der Waals surface area (Å²) in [5, 5.41) is 9.54. The molecule has 0 radical (unpaired) electrons. The average Bonchev–Trinajstić information content (AvgIpc) is 3.15. The fourth-order valence-corrected chi connectivity index (χ4v) is 3.85. The first kappa shape index (κ1) is 20.8. The van der Waals surface area contributed by atoms with Gasteiger partial charge in [0, 0.05) is 30.0 Å². The number of benzene rings is 3. The van der Waals surface area contributed by atoms with Gasteiger partial charge < -0.3 is 24.4 Å². The number of ether oxygens (including phenoxy) is 2. The van der Waals surface area contributed by atoms with Crippen molar-refractivity contribution in [3.05, 3.63) is 83.4 Å². The molecule has 0 spiro atoms. The molecule has 0 aromatic heterocycles. The van der Waals surface area contributed by atoms with Crippen LogP contribution in [0.25, 0.3) is 0 Å². The Morgan fingerprint density at radius 1 is 0.935 bits per heavy atom. The third-order valence-corrected chi connectivity index (χ3v) is 5.55. The van der Waals surface area contributed by atoms with Gasteiger partial charge in [-0.1, -0.05) is 12.1 Å². The maximum atomic E-state index is 12.8. The van der Waals surface area contributed by atoms with Gasteiger partial charge in [0.25, 0.3) is 5.91 Å². The van der Waals surface area contributed by atoms with Gasteiger partial charge in [-0.25, -0.2) is 0 Å². The molecule has 4 rings (SSSR count). The number of aliphatic hydroxyl groups excluding tert-OH is 1. The third kappa shape index (κ3) is 4.34. The van der Waals surface area contributed by atoms with Crippen LogP contribution in [0, 0.1) is 0 Å². The number of rotatable bonds is 8. The van der Waals surface area contributed by atoms with Crippen LogP contribution in [-0.4, -0.2) is 38.4 Å². The molecule has 6 nitrogen and oxygen atoms in total. The Labute approximate surface area is 182 Å². The van der Waals surface area contributed by atoms with Crippen LogP contribution in [0.2, 0.25) is 0 Å². The van der Waals surface area contributed by atoms with E-state index in [9.17, 15) is 9.90 Å². The molecular weight excluding hydrogens is 392 g/mol. The molecule has 0 aliphatic carbocycles. The molecule has 0 bridgehead atoms. The first-order chi connectivity index (χ1) is 15.1. The summed E-state index contributed by atoms with van der Waals surface area (Å²) in [6, 6.07) is 21.3. The van der Waals surface area contributed by atoms with E-state index in [4.69, 9.17) is 9.47 Å². The van der Waals surface area contributed by atoms with Crippen molar-refractivity contribution in [1.29, 1.82) is 0 Å². The minimum atomic E-state index is -0.00384. The van der Waals surface area contributed by atoms with Crippen molar-refractivity contribution < 1.29 is 19.4 Å². The number of fused-ring (bicyclic) bond motifs is 1. The normalized spacial score (nSPS) is 12.6. The van der Waals surface area contributed by atoms with Crippen molar-refractivity contribution in [2.75, 3.05) is 37.2 Å². The minimum absolute atomic E-state index is 0.00384. The molecule has 1 N–H and O–H groups in total. The SMILES string of the molecule is COc1ccc(CN(CCO)c2ccc(N3Cc4cc(OC)ccc4C3=O)cc2)cc1. The van der Waals surface area contributed by atoms with Crippen molar-refractivity contribution >= 4 is 17.3 Å². The number of hydrogen-bond acceptors (Lipinski definition) is 5. The topological polar surface area (TPSA) is 62.2 Å². The van der Waals surface area contributed by atoms with Crippen LogP contribution in [0.3, 0.4) is 0 Å². The minimum Gasteiger partial charge on any atom is -0.497 e. The Kier molecular flexibility index (Phi) is 6.09. The second-order valence-electron chi connectivity index (χ2n) is 7.42. The summed E-state index contributed by atoms with van der Waals surface area (Å²) in [5.41, 5.74) is 4.63. The molecule has 3 aromatic carbocycles. The van der Waals surface area contributed by atoms with E-state index in [1.807, 2.05) is 66.7 Å². The summed E-state index contributed by atoms with van der Waals surface area (Å²) in [7, 11) is 3.27. The van der Waals surface area contributed by atoms with Crippen LogP contribution >= 0.6 is 0 Å². The maximum Gasteiger partial charge on any atom is 0.258 e. The van der Waals surface area contributed by atoms with Crippen LogP contribution in [0.15, 0.2) is 66.7 Å². The van der Waals surface area contributed by atoms with Crippen molar-refractivity contribution in [2.24, 2.45) is 0 Å². The van der Waals surface area contributed by atoms with Crippen LogP contribution in [0.4, 0.5) is 11.4 Å². The van der Waals surface area contributed by atoms with Gasteiger partial charge in [-0.15, -0.1) is 0 Å². The lowest BCUT2D eigenvalue weighted by molar-refractivity contribution is 0.0996. The van der Waals surface area contributed by atoms with Gasteiger partial charge in [-0.2, -0.15) is 0 Å². The Bertz CT molecular complexity index is 1050. The number of methoxy groups -OCH3 is 2. The van der Waals surface area contributed by atoms with E-state index >= 15 is 0 Å². The fraction of sp³-hybridized carbons (Fsp3) is 0.240. The lowest BCUT2D eigenvalue weighted by atomic mass is 10.1. The van der Waals surface area contributed by atoms with Crippen molar-refractivity contribution in [1.82, 2.24) is 0 Å². The van der Waals surface area contributed by atoms with Crippen LogP contribution in [0.5, 0.6) is 11.5 Å². The van der Waals surface area contributed by atoms with Gasteiger partial charge in [0.1, 0.15) is 11.5 Å². The van der Waals surface area contributed by atoms with E-state index in [1.165, 1.54) is 0 Å². The Morgan fingerprint density at radius 2 is 1.61 bits per heavy atom. The number of carbonyl (C=O) groups excluding carboxylic acids is 1. The smallest absolute Gasteiger partial charge is 0.258 e. The Hall–Kier alpha value is -3.51. The van der Waals surface area contributed by atoms with E-state index < -0.39 is 0 Å². The van der Waals surface area contributed by atoms with Crippen molar-refractivity contribution in [3.63, 3.8) is 0 Å². The second-order valence-corrected chi connectivity index (χ2v) is 7.42. The maximum absolute atomic E-state index is 12.8. The molecule has 1 heterocycles. The fourth-order valence-electron chi connectivity index (χ4n) is 3.85. The van der Waals surface area contributed by atoms with E-state index in [0.29, 0.717) is 25.2 Å². The monoisotopic (exact) mass is 418 g/mol. The van der Waals surface area contributed by atoms with Gasteiger partial charge in [0.05, 0.1) is 27.4 Å². The van der Waals surface area contributed by atoms with Gasteiger partial charge in [-0.3, -0.25) is 4.79 Å². The predicted molar refractivity (Wildman–Crippen MR) is 121 cm³/mol. The largest absolute Gasteiger partial charge is 0.497 e. The lowest BCUT2D eigenvalue weighted by Gasteiger charge is -2.25. The zero-order valence-corrected chi connectivity index (χ0v) is 17.7. The zero-order valence-electron chi connectivity index (χ0n) is 17.7. The number of nitrogens with zero attached hydrogens (tertiary/aromatic N) is 2. The van der Waals surface area contributed by atoms with Crippen LogP contribution in [-0.2, 0) is 13.1 Å². The van der Waals surface area contributed by atoms with Crippen molar-refractivity contribution in [2.45, 2.75) is 13.1 Å². The molecule has 0 unspecified atom stereocenters. The lowest BCUT2D eigenvalue weighted by Crippen LogP contribution is -2.26. The van der Waals surface area contributed by atoms with Gasteiger partial charge in [0.2, 0.25) is 0 Å². The number of amides is 1. The van der Waals surface area contributed by atoms with Crippen LogP contribution < -0.4 is 19.3 Å². The molecule has 0 fully saturated rings. The van der Waals surface area contributed by atoms with E-state index in [0.717, 1.165) is 34.0 Å². The van der Waals surface area contributed by atoms with E-state index in [-0.39, 0.29) is 12.5 Å². The average molecular weight is 418 g/mol. The highest BCUT2D eigenvalue weighted by Crippen LogP contribution is 2.32. The summed E-state index contributed by atoms with van der Waals surface area (Å²) in [4.78, 5) is 16.7. The first-order valence-corrected chi connectivity index (χ1v) is 10.2. The number of anilines is 2. The molecule has 1 aliphatic heterocycles. The highest BCUT2D eigenvalue weighted by Gasteiger charge is 2.28. The molecule has 6 heteroatoms. The molecule has 0 saturated heterocycles.